The number of hydrogen-bond acceptors (Lipinski definition) is 4. The molecule has 19 heavy (non-hydrogen) atoms. The Bertz CT molecular complexity index is 383. The van der Waals surface area contributed by atoms with Gasteiger partial charge in [0.15, 0.2) is 0 Å². The van der Waals surface area contributed by atoms with E-state index in [9.17, 15) is 26.4 Å². The fraction of sp³-hybridized carbons (Fsp3) is 0.889. The average molecular weight is 323 g/mol. The predicted octanol–water partition coefficient (Wildman–Crippen LogP) is 1.45. The maximum absolute atomic E-state index is 11.9. The van der Waals surface area contributed by atoms with Crippen molar-refractivity contribution in [3.63, 3.8) is 0 Å². The molecule has 0 heterocycles. The van der Waals surface area contributed by atoms with Gasteiger partial charge in [-0.15, -0.1) is 0 Å². The lowest BCUT2D eigenvalue weighted by molar-refractivity contribution is -0.139. The van der Waals surface area contributed by atoms with Gasteiger partial charge in [-0.2, -0.15) is 24.9 Å². The van der Waals surface area contributed by atoms with E-state index in [2.05, 4.69) is 0 Å². The number of nitrogens with one attached hydrogen (secondary N) is 1. The molecule has 0 fully saturated rings. The van der Waals surface area contributed by atoms with Crippen LogP contribution in [0.25, 0.3) is 0 Å². The summed E-state index contributed by atoms with van der Waals surface area (Å²) in [6.45, 7) is 0. The van der Waals surface area contributed by atoms with Crippen LogP contribution in [-0.4, -0.2) is 49.5 Å². The first-order valence-corrected chi connectivity index (χ1v) is 8.40. The van der Waals surface area contributed by atoms with Gasteiger partial charge < -0.3 is 5.11 Å². The van der Waals surface area contributed by atoms with Gasteiger partial charge in [0, 0.05) is 6.42 Å². The third-order valence-electron chi connectivity index (χ3n) is 2.10. The van der Waals surface area contributed by atoms with E-state index in [1.807, 2.05) is 4.72 Å². The van der Waals surface area contributed by atoms with Crippen molar-refractivity contribution in [2.75, 3.05) is 17.8 Å². The zero-order valence-corrected chi connectivity index (χ0v) is 11.9. The summed E-state index contributed by atoms with van der Waals surface area (Å²) in [6.07, 6.45) is -4.41. The van der Waals surface area contributed by atoms with Crippen LogP contribution in [0.15, 0.2) is 0 Å². The lowest BCUT2D eigenvalue weighted by atomic mass is 10.2. The van der Waals surface area contributed by atoms with Crippen molar-refractivity contribution in [2.45, 2.75) is 31.5 Å². The van der Waals surface area contributed by atoms with Crippen LogP contribution >= 0.6 is 11.8 Å². The highest BCUT2D eigenvalue weighted by atomic mass is 32.2. The molecule has 0 aliphatic heterocycles. The molecule has 5 nitrogen and oxygen atoms in total. The molecule has 0 aromatic carbocycles. The highest BCUT2D eigenvalue weighted by molar-refractivity contribution is 7.98. The minimum atomic E-state index is -4.42. The molecule has 0 spiro atoms. The van der Waals surface area contributed by atoms with Crippen molar-refractivity contribution in [1.82, 2.24) is 4.72 Å². The number of rotatable bonds is 9. The van der Waals surface area contributed by atoms with Crippen LogP contribution < -0.4 is 4.72 Å². The molecular formula is C9H16F3NO4S2. The molecule has 0 unspecified atom stereocenters. The summed E-state index contributed by atoms with van der Waals surface area (Å²) >= 11 is 1.35. The fourth-order valence-corrected chi connectivity index (χ4v) is 2.97. The molecule has 2 N–H and O–H groups in total. The van der Waals surface area contributed by atoms with Crippen LogP contribution in [0.1, 0.15) is 19.3 Å². The van der Waals surface area contributed by atoms with Crippen LogP contribution in [0.2, 0.25) is 0 Å². The van der Waals surface area contributed by atoms with Gasteiger partial charge in [0.2, 0.25) is 10.0 Å². The Morgan fingerprint density at radius 1 is 1.42 bits per heavy atom. The second-order valence-corrected chi connectivity index (χ2v) is 6.69. The first kappa shape index (κ1) is 18.5. The number of halogens is 3. The molecular weight excluding hydrogens is 307 g/mol. The van der Waals surface area contributed by atoms with Gasteiger partial charge in [0.1, 0.15) is 6.04 Å². The number of carbonyl (C=O) groups is 1. The Balaban J connectivity index is 4.35. The number of hydrogen-bond donors (Lipinski definition) is 2. The first-order chi connectivity index (χ1) is 8.57. The molecule has 0 saturated carbocycles. The predicted molar refractivity (Wildman–Crippen MR) is 66.6 cm³/mol. The lowest BCUT2D eigenvalue weighted by Crippen LogP contribution is -2.42. The summed E-state index contributed by atoms with van der Waals surface area (Å²) in [6, 6.07) is -1.30. The highest BCUT2D eigenvalue weighted by Crippen LogP contribution is 2.21. The maximum atomic E-state index is 11.9. The normalized spacial score (nSPS) is 14.3. The summed E-state index contributed by atoms with van der Waals surface area (Å²) < 4.78 is 60.4. The Morgan fingerprint density at radius 2 is 2.00 bits per heavy atom. The van der Waals surface area contributed by atoms with Gasteiger partial charge >= 0.3 is 12.1 Å². The van der Waals surface area contributed by atoms with E-state index in [0.29, 0.717) is 5.75 Å². The Morgan fingerprint density at radius 3 is 2.42 bits per heavy atom. The van der Waals surface area contributed by atoms with E-state index in [1.54, 1.807) is 6.26 Å². The Labute approximate surface area is 114 Å². The number of aliphatic carboxylic acids is 1. The number of alkyl halides is 3. The Hall–Kier alpha value is -0.480. The Kier molecular flexibility index (Phi) is 7.75. The van der Waals surface area contributed by atoms with Crippen LogP contribution in [0.3, 0.4) is 0 Å². The van der Waals surface area contributed by atoms with Crippen molar-refractivity contribution >= 4 is 27.8 Å². The minimum absolute atomic E-state index is 0.0784. The summed E-state index contributed by atoms with van der Waals surface area (Å²) in [5, 5.41) is 8.80. The summed E-state index contributed by atoms with van der Waals surface area (Å²) in [4.78, 5) is 10.8. The van der Waals surface area contributed by atoms with Gasteiger partial charge in [-0.25, -0.2) is 13.1 Å². The average Bonchev–Trinajstić information content (AvgIpc) is 2.21. The number of thioether (sulfide) groups is 1. The van der Waals surface area contributed by atoms with Gasteiger partial charge in [-0.3, -0.25) is 4.79 Å². The van der Waals surface area contributed by atoms with Gasteiger partial charge in [-0.05, 0) is 24.9 Å². The van der Waals surface area contributed by atoms with E-state index in [4.69, 9.17) is 5.11 Å². The lowest BCUT2D eigenvalue weighted by Gasteiger charge is -2.14. The molecule has 0 saturated heterocycles. The molecule has 0 aromatic heterocycles. The van der Waals surface area contributed by atoms with E-state index in [-0.39, 0.29) is 6.42 Å². The molecule has 0 aromatic rings. The topological polar surface area (TPSA) is 83.5 Å². The molecule has 0 aliphatic carbocycles. The van der Waals surface area contributed by atoms with E-state index in [1.165, 1.54) is 11.8 Å². The summed E-state index contributed by atoms with van der Waals surface area (Å²) in [5.41, 5.74) is 0. The fourth-order valence-electron chi connectivity index (χ4n) is 1.21. The molecule has 114 valence electrons. The van der Waals surface area contributed by atoms with Crippen molar-refractivity contribution < 1.29 is 31.5 Å². The quantitative estimate of drug-likeness (QED) is 0.671. The van der Waals surface area contributed by atoms with E-state index in [0.717, 1.165) is 0 Å². The molecule has 0 radical (unpaired) electrons. The summed E-state index contributed by atoms with van der Waals surface area (Å²) in [7, 11) is -4.02. The zero-order chi connectivity index (χ0) is 15.1. The first-order valence-electron chi connectivity index (χ1n) is 5.36. The zero-order valence-electron chi connectivity index (χ0n) is 10.2. The van der Waals surface area contributed by atoms with Gasteiger partial charge in [0.05, 0.1) is 5.75 Å². The minimum Gasteiger partial charge on any atom is -0.480 e. The highest BCUT2D eigenvalue weighted by Gasteiger charge is 2.29. The van der Waals surface area contributed by atoms with Crippen LogP contribution in [0, 0.1) is 0 Å². The van der Waals surface area contributed by atoms with Crippen molar-refractivity contribution in [2.24, 2.45) is 0 Å². The molecule has 0 aliphatic rings. The van der Waals surface area contributed by atoms with Crippen LogP contribution in [0.5, 0.6) is 0 Å². The third kappa shape index (κ3) is 10.0. The van der Waals surface area contributed by atoms with Crippen molar-refractivity contribution in [3.05, 3.63) is 0 Å². The monoisotopic (exact) mass is 323 g/mol. The van der Waals surface area contributed by atoms with Gasteiger partial charge in [0.25, 0.3) is 0 Å². The summed E-state index contributed by atoms with van der Waals surface area (Å²) in [5.74, 6) is -1.65. The second kappa shape index (κ2) is 7.95. The molecule has 0 amide bonds. The number of carboxylic acid groups (broad SMARTS) is 1. The standard InChI is InChI=1S/C9H16F3NO4S2/c1-18-5-3-7(8(14)15)13-19(16,17)6-2-4-9(10,11)12/h7,13H,2-6H2,1H3,(H,14,15)/t7-/m1/s1. The second-order valence-electron chi connectivity index (χ2n) is 3.83. The number of sulfonamides is 1. The molecule has 1 atom stereocenters. The maximum Gasteiger partial charge on any atom is 0.389 e. The smallest absolute Gasteiger partial charge is 0.389 e. The van der Waals surface area contributed by atoms with Crippen LogP contribution in [0.4, 0.5) is 13.2 Å². The molecule has 0 rings (SSSR count). The van der Waals surface area contributed by atoms with E-state index >= 15 is 0 Å². The van der Waals surface area contributed by atoms with Crippen LogP contribution in [-0.2, 0) is 14.8 Å². The SMILES string of the molecule is CSCC[C@@H](NS(=O)(=O)CCCC(F)(F)F)C(=O)O. The largest absolute Gasteiger partial charge is 0.480 e. The van der Waals surface area contributed by atoms with Crippen molar-refractivity contribution in [1.29, 1.82) is 0 Å². The molecule has 10 heteroatoms. The van der Waals surface area contributed by atoms with Crippen molar-refractivity contribution in [3.8, 4) is 0 Å². The number of carboxylic acids is 1. The van der Waals surface area contributed by atoms with E-state index < -0.39 is 46.8 Å². The third-order valence-corrected chi connectivity index (χ3v) is 4.22. The van der Waals surface area contributed by atoms with Gasteiger partial charge in [-0.1, -0.05) is 0 Å². The molecule has 0 bridgehead atoms.